The summed E-state index contributed by atoms with van der Waals surface area (Å²) in [7, 11) is -3.67. The first-order valence-electron chi connectivity index (χ1n) is 9.67. The van der Waals surface area contributed by atoms with Crippen LogP contribution in [0.2, 0.25) is 5.02 Å². The van der Waals surface area contributed by atoms with Crippen molar-refractivity contribution in [1.29, 1.82) is 0 Å². The molecule has 6 nitrogen and oxygen atoms in total. The summed E-state index contributed by atoms with van der Waals surface area (Å²) >= 11 is 5.95. The average molecular weight is 477 g/mol. The zero-order chi connectivity index (χ0) is 23.1. The van der Waals surface area contributed by atoms with Crippen LogP contribution in [0, 0.1) is 5.82 Å². The number of carbonyl (C=O) groups is 1. The van der Waals surface area contributed by atoms with Gasteiger partial charge in [-0.3, -0.25) is 9.10 Å². The van der Waals surface area contributed by atoms with E-state index < -0.39 is 15.9 Å². The molecule has 3 aromatic carbocycles. The maximum Gasteiger partial charge on any atom is 0.241 e. The van der Waals surface area contributed by atoms with Crippen LogP contribution in [0.5, 0.6) is 5.75 Å². The molecule has 1 amide bonds. The summed E-state index contributed by atoms with van der Waals surface area (Å²) in [5, 5.41) is 3.09. The van der Waals surface area contributed by atoms with Gasteiger partial charge in [-0.15, -0.1) is 0 Å². The van der Waals surface area contributed by atoms with Gasteiger partial charge in [-0.25, -0.2) is 12.8 Å². The Morgan fingerprint density at radius 2 is 1.69 bits per heavy atom. The highest BCUT2D eigenvalue weighted by atomic mass is 35.5. The minimum atomic E-state index is -3.67. The Hall–Kier alpha value is -3.10. The van der Waals surface area contributed by atoms with Crippen LogP contribution in [0.3, 0.4) is 0 Å². The van der Waals surface area contributed by atoms with Crippen LogP contribution in [0.4, 0.5) is 10.1 Å². The number of nitrogens with one attached hydrogen (secondary N) is 1. The number of benzene rings is 3. The summed E-state index contributed by atoms with van der Waals surface area (Å²) in [5.41, 5.74) is 1.98. The van der Waals surface area contributed by atoms with E-state index in [-0.39, 0.29) is 18.9 Å². The fraction of sp³-hybridized carbons (Fsp3) is 0.174. The van der Waals surface area contributed by atoms with Gasteiger partial charge in [0.05, 0.1) is 11.9 Å². The molecule has 3 aromatic rings. The van der Waals surface area contributed by atoms with E-state index in [1.807, 2.05) is 0 Å². The smallest absolute Gasteiger partial charge is 0.241 e. The Labute approximate surface area is 191 Å². The maximum absolute atomic E-state index is 12.9. The first-order chi connectivity index (χ1) is 15.2. The number of hydrogen-bond donors (Lipinski definition) is 1. The van der Waals surface area contributed by atoms with E-state index in [0.29, 0.717) is 23.1 Å². The molecule has 0 aliphatic carbocycles. The largest absolute Gasteiger partial charge is 0.489 e. The van der Waals surface area contributed by atoms with Crippen molar-refractivity contribution in [1.82, 2.24) is 5.32 Å². The molecule has 0 aromatic heterocycles. The predicted molar refractivity (Wildman–Crippen MR) is 123 cm³/mol. The summed E-state index contributed by atoms with van der Waals surface area (Å²) in [5.74, 6) is -0.118. The van der Waals surface area contributed by atoms with Crippen LogP contribution >= 0.6 is 11.6 Å². The van der Waals surface area contributed by atoms with E-state index in [9.17, 15) is 17.6 Å². The SMILES string of the molecule is CS(=O)(=O)N(CC(=O)NCc1ccc(OCc2ccc(F)cc2)cc1)c1cccc(Cl)c1. The molecular weight excluding hydrogens is 455 g/mol. The van der Waals surface area contributed by atoms with Gasteiger partial charge in [0.25, 0.3) is 0 Å². The maximum atomic E-state index is 12.9. The van der Waals surface area contributed by atoms with Gasteiger partial charge in [0, 0.05) is 11.6 Å². The topological polar surface area (TPSA) is 75.7 Å². The molecule has 1 N–H and O–H groups in total. The molecule has 0 radical (unpaired) electrons. The van der Waals surface area contributed by atoms with Gasteiger partial charge < -0.3 is 10.1 Å². The fourth-order valence-corrected chi connectivity index (χ4v) is 3.90. The first kappa shape index (κ1) is 23.6. The van der Waals surface area contributed by atoms with Crippen LogP contribution in [-0.4, -0.2) is 27.1 Å². The average Bonchev–Trinajstić information content (AvgIpc) is 2.75. The monoisotopic (exact) mass is 476 g/mol. The normalized spacial score (nSPS) is 11.1. The number of ether oxygens (including phenoxy) is 1. The molecule has 0 atom stereocenters. The molecule has 0 fully saturated rings. The standard InChI is InChI=1S/C23H22ClFN2O4S/c1-32(29,30)27(21-4-2-3-19(24)13-21)15-23(28)26-14-17-7-11-22(12-8-17)31-16-18-5-9-20(25)10-6-18/h2-13H,14-16H2,1H3,(H,26,28). The summed E-state index contributed by atoms with van der Waals surface area (Å²) in [6.45, 7) is 0.170. The van der Waals surface area contributed by atoms with Gasteiger partial charge in [-0.05, 0) is 53.6 Å². The van der Waals surface area contributed by atoms with Gasteiger partial charge >= 0.3 is 0 Å². The second-order valence-corrected chi connectivity index (χ2v) is 9.43. The van der Waals surface area contributed by atoms with Gasteiger partial charge in [0.2, 0.25) is 15.9 Å². The van der Waals surface area contributed by atoms with Gasteiger partial charge in [0.1, 0.15) is 24.7 Å². The molecule has 0 unspecified atom stereocenters. The van der Waals surface area contributed by atoms with Crippen molar-refractivity contribution in [2.45, 2.75) is 13.2 Å². The molecule has 9 heteroatoms. The van der Waals surface area contributed by atoms with Crippen LogP contribution < -0.4 is 14.4 Å². The lowest BCUT2D eigenvalue weighted by Gasteiger charge is -2.22. The zero-order valence-corrected chi connectivity index (χ0v) is 18.9. The highest BCUT2D eigenvalue weighted by Gasteiger charge is 2.21. The lowest BCUT2D eigenvalue weighted by molar-refractivity contribution is -0.119. The highest BCUT2D eigenvalue weighted by molar-refractivity contribution is 7.92. The van der Waals surface area contributed by atoms with Gasteiger partial charge in [0.15, 0.2) is 0 Å². The van der Waals surface area contributed by atoms with Crippen LogP contribution in [0.1, 0.15) is 11.1 Å². The number of halogens is 2. The van der Waals surface area contributed by atoms with E-state index >= 15 is 0 Å². The Kier molecular flexibility index (Phi) is 7.71. The molecule has 0 heterocycles. The molecule has 0 aliphatic heterocycles. The molecule has 32 heavy (non-hydrogen) atoms. The lowest BCUT2D eigenvalue weighted by Crippen LogP contribution is -2.40. The Balaban J connectivity index is 1.54. The van der Waals surface area contributed by atoms with E-state index in [4.69, 9.17) is 16.3 Å². The molecule has 0 saturated carbocycles. The molecule has 0 spiro atoms. The number of anilines is 1. The Morgan fingerprint density at radius 1 is 1.03 bits per heavy atom. The van der Waals surface area contributed by atoms with Crippen molar-refractivity contribution in [3.05, 3.63) is 94.8 Å². The minimum absolute atomic E-state index is 0.226. The molecule has 0 saturated heterocycles. The van der Waals surface area contributed by atoms with Crippen molar-refractivity contribution < 1.29 is 22.3 Å². The summed E-state index contributed by atoms with van der Waals surface area (Å²) in [4.78, 5) is 12.4. The number of hydrogen-bond acceptors (Lipinski definition) is 4. The Morgan fingerprint density at radius 3 is 2.31 bits per heavy atom. The highest BCUT2D eigenvalue weighted by Crippen LogP contribution is 2.21. The van der Waals surface area contributed by atoms with Crippen molar-refractivity contribution >= 4 is 33.2 Å². The van der Waals surface area contributed by atoms with E-state index in [2.05, 4.69) is 5.32 Å². The quantitative estimate of drug-likeness (QED) is 0.503. The van der Waals surface area contributed by atoms with E-state index in [1.54, 1.807) is 54.6 Å². The van der Waals surface area contributed by atoms with Gasteiger partial charge in [-0.2, -0.15) is 0 Å². The second-order valence-electron chi connectivity index (χ2n) is 7.09. The lowest BCUT2D eigenvalue weighted by atomic mass is 10.2. The minimum Gasteiger partial charge on any atom is -0.489 e. The molecule has 3 rings (SSSR count). The van der Waals surface area contributed by atoms with Crippen LogP contribution in [0.15, 0.2) is 72.8 Å². The van der Waals surface area contributed by atoms with Crippen molar-refractivity contribution in [3.63, 3.8) is 0 Å². The third-order valence-corrected chi connectivity index (χ3v) is 5.89. The van der Waals surface area contributed by atoms with Crippen LogP contribution in [0.25, 0.3) is 0 Å². The summed E-state index contributed by atoms with van der Waals surface area (Å²) < 4.78 is 43.9. The second kappa shape index (κ2) is 10.5. The van der Waals surface area contributed by atoms with Crippen molar-refractivity contribution in [2.75, 3.05) is 17.1 Å². The van der Waals surface area contributed by atoms with Gasteiger partial charge in [-0.1, -0.05) is 41.9 Å². The summed E-state index contributed by atoms with van der Waals surface area (Å²) in [6.07, 6.45) is 1.03. The molecule has 0 bridgehead atoms. The number of sulfonamides is 1. The molecule has 168 valence electrons. The Bertz CT molecular complexity index is 1170. The van der Waals surface area contributed by atoms with E-state index in [0.717, 1.165) is 21.7 Å². The fourth-order valence-electron chi connectivity index (χ4n) is 2.87. The molecular formula is C23H22ClFN2O4S. The van der Waals surface area contributed by atoms with Crippen LogP contribution in [-0.2, 0) is 28.0 Å². The number of amides is 1. The number of carbonyl (C=O) groups excluding carboxylic acids is 1. The zero-order valence-electron chi connectivity index (χ0n) is 17.3. The third kappa shape index (κ3) is 6.96. The van der Waals surface area contributed by atoms with E-state index in [1.165, 1.54) is 18.2 Å². The van der Waals surface area contributed by atoms with Crippen molar-refractivity contribution in [3.8, 4) is 5.75 Å². The number of nitrogens with zero attached hydrogens (tertiary/aromatic N) is 1. The predicted octanol–water partition coefficient (Wildman–Crippen LogP) is 4.14. The third-order valence-electron chi connectivity index (χ3n) is 4.52. The number of rotatable bonds is 9. The summed E-state index contributed by atoms with van der Waals surface area (Å²) in [6, 6.07) is 19.5. The first-order valence-corrected chi connectivity index (χ1v) is 11.9. The van der Waals surface area contributed by atoms with Crippen molar-refractivity contribution in [2.24, 2.45) is 0 Å². The molecule has 0 aliphatic rings.